The topological polar surface area (TPSA) is 76.0 Å². The molecule has 1 aromatic carbocycles. The summed E-state index contributed by atoms with van der Waals surface area (Å²) in [7, 11) is 0. The maximum absolute atomic E-state index is 11.5. The Balaban J connectivity index is 2.91. The molecule has 0 aliphatic heterocycles. The van der Waals surface area contributed by atoms with E-state index in [2.05, 4.69) is 0 Å². The van der Waals surface area contributed by atoms with Gasteiger partial charge in [0.15, 0.2) is 11.5 Å². The van der Waals surface area contributed by atoms with E-state index >= 15 is 0 Å². The molecule has 1 aromatic rings. The number of ether oxygens (including phenoxy) is 2. The van der Waals surface area contributed by atoms with Crippen molar-refractivity contribution in [1.82, 2.24) is 0 Å². The van der Waals surface area contributed by atoms with Crippen LogP contribution in [0.4, 0.5) is 0 Å². The molecule has 0 radical (unpaired) electrons. The molecule has 5 nitrogen and oxygen atoms in total. The van der Waals surface area contributed by atoms with E-state index in [4.69, 9.17) is 9.47 Å². The number of unbranched alkanes of at least 4 members (excludes halogenated alkanes) is 1. The summed E-state index contributed by atoms with van der Waals surface area (Å²) in [6, 6.07) is 2.52. The van der Waals surface area contributed by atoms with E-state index < -0.39 is 11.7 Å². The summed E-state index contributed by atoms with van der Waals surface area (Å²) in [5, 5.41) is 19.1. The maximum atomic E-state index is 11.5. The number of phenols is 2. The lowest BCUT2D eigenvalue weighted by Gasteiger charge is -2.10. The predicted molar refractivity (Wildman–Crippen MR) is 66.1 cm³/mol. The van der Waals surface area contributed by atoms with Gasteiger partial charge in [0.1, 0.15) is 0 Å². The summed E-state index contributed by atoms with van der Waals surface area (Å²) in [5.41, 5.74) is 0.152. The summed E-state index contributed by atoms with van der Waals surface area (Å²) >= 11 is 0. The highest BCUT2D eigenvalue weighted by atomic mass is 16.5. The third kappa shape index (κ3) is 3.55. The molecule has 0 atom stereocenters. The molecule has 18 heavy (non-hydrogen) atoms. The smallest absolute Gasteiger partial charge is 0.338 e. The van der Waals surface area contributed by atoms with Crippen LogP contribution in [0.15, 0.2) is 12.1 Å². The molecular weight excluding hydrogens is 236 g/mol. The molecule has 0 amide bonds. The largest absolute Gasteiger partial charge is 0.504 e. The van der Waals surface area contributed by atoms with E-state index in [0.29, 0.717) is 6.61 Å². The Morgan fingerprint density at radius 3 is 2.61 bits per heavy atom. The molecule has 0 heterocycles. The van der Waals surface area contributed by atoms with E-state index in [1.807, 2.05) is 6.92 Å². The van der Waals surface area contributed by atoms with Crippen LogP contribution >= 0.6 is 0 Å². The van der Waals surface area contributed by atoms with Crippen LogP contribution in [0.1, 0.15) is 37.0 Å². The first-order valence-electron chi connectivity index (χ1n) is 5.96. The second-order valence-corrected chi connectivity index (χ2v) is 3.76. The number of phenolic OH excluding ortho intramolecular Hbond substituents is 2. The lowest BCUT2D eigenvalue weighted by Crippen LogP contribution is -2.05. The molecule has 0 spiro atoms. The number of hydrogen-bond acceptors (Lipinski definition) is 5. The Morgan fingerprint density at radius 1 is 1.28 bits per heavy atom. The van der Waals surface area contributed by atoms with Crippen molar-refractivity contribution >= 4 is 5.97 Å². The van der Waals surface area contributed by atoms with Crippen LogP contribution in [0.3, 0.4) is 0 Å². The van der Waals surface area contributed by atoms with Crippen molar-refractivity contribution in [2.45, 2.75) is 26.7 Å². The Morgan fingerprint density at radius 2 is 2.00 bits per heavy atom. The van der Waals surface area contributed by atoms with Crippen molar-refractivity contribution in [3.63, 3.8) is 0 Å². The number of esters is 1. The molecular formula is C13H18O5. The van der Waals surface area contributed by atoms with Crippen molar-refractivity contribution < 1.29 is 24.5 Å². The summed E-state index contributed by atoms with van der Waals surface area (Å²) in [4.78, 5) is 11.5. The highest BCUT2D eigenvalue weighted by molar-refractivity contribution is 5.91. The minimum atomic E-state index is -0.562. The minimum Gasteiger partial charge on any atom is -0.504 e. The van der Waals surface area contributed by atoms with Gasteiger partial charge >= 0.3 is 5.97 Å². The molecule has 0 saturated carbocycles. The van der Waals surface area contributed by atoms with Crippen molar-refractivity contribution in [3.05, 3.63) is 17.7 Å². The molecule has 0 unspecified atom stereocenters. The van der Waals surface area contributed by atoms with Gasteiger partial charge in [0.25, 0.3) is 0 Å². The number of aromatic hydroxyl groups is 2. The molecule has 0 aromatic heterocycles. The lowest BCUT2D eigenvalue weighted by atomic mass is 10.2. The van der Waals surface area contributed by atoms with Crippen LogP contribution in [0.5, 0.6) is 17.2 Å². The Kier molecular flexibility index (Phi) is 5.30. The SMILES string of the molecule is CCCCOc1cc(C(=O)OCC)cc(O)c1O. The fourth-order valence-electron chi connectivity index (χ4n) is 1.36. The second-order valence-electron chi connectivity index (χ2n) is 3.76. The first-order chi connectivity index (χ1) is 8.60. The molecule has 0 bridgehead atoms. The van der Waals surface area contributed by atoms with E-state index in [-0.39, 0.29) is 23.7 Å². The van der Waals surface area contributed by atoms with E-state index in [1.165, 1.54) is 6.07 Å². The maximum Gasteiger partial charge on any atom is 0.338 e. The third-order valence-corrected chi connectivity index (χ3v) is 2.32. The molecule has 0 fully saturated rings. The zero-order chi connectivity index (χ0) is 13.5. The van der Waals surface area contributed by atoms with Crippen LogP contribution in [0, 0.1) is 0 Å². The van der Waals surface area contributed by atoms with E-state index in [0.717, 1.165) is 18.9 Å². The average molecular weight is 254 g/mol. The average Bonchev–Trinajstić information content (AvgIpc) is 2.34. The number of hydrogen-bond donors (Lipinski definition) is 2. The fraction of sp³-hybridized carbons (Fsp3) is 0.462. The van der Waals surface area contributed by atoms with Crippen molar-refractivity contribution in [2.75, 3.05) is 13.2 Å². The van der Waals surface area contributed by atoms with Crippen LogP contribution < -0.4 is 4.74 Å². The standard InChI is InChI=1S/C13H18O5/c1-3-5-6-18-11-8-9(13(16)17-4-2)7-10(14)12(11)15/h7-8,14-15H,3-6H2,1-2H3. The molecule has 1 rings (SSSR count). The summed E-state index contributed by atoms with van der Waals surface area (Å²) in [6.45, 7) is 4.36. The molecule has 2 N–H and O–H groups in total. The third-order valence-electron chi connectivity index (χ3n) is 2.32. The first-order valence-corrected chi connectivity index (χ1v) is 5.96. The number of benzene rings is 1. The Bertz CT molecular complexity index is 414. The zero-order valence-electron chi connectivity index (χ0n) is 10.6. The summed E-state index contributed by atoms with van der Waals surface area (Å²) < 4.78 is 10.1. The van der Waals surface area contributed by atoms with Gasteiger partial charge in [-0.25, -0.2) is 4.79 Å². The number of rotatable bonds is 6. The van der Waals surface area contributed by atoms with Crippen LogP contribution in [-0.2, 0) is 4.74 Å². The molecule has 0 aliphatic carbocycles. The lowest BCUT2D eigenvalue weighted by molar-refractivity contribution is 0.0525. The van der Waals surface area contributed by atoms with Gasteiger partial charge in [-0.1, -0.05) is 13.3 Å². The van der Waals surface area contributed by atoms with Gasteiger partial charge < -0.3 is 19.7 Å². The fourth-order valence-corrected chi connectivity index (χ4v) is 1.36. The van der Waals surface area contributed by atoms with Gasteiger partial charge in [-0.15, -0.1) is 0 Å². The highest BCUT2D eigenvalue weighted by Crippen LogP contribution is 2.36. The highest BCUT2D eigenvalue weighted by Gasteiger charge is 2.15. The van der Waals surface area contributed by atoms with Crippen LogP contribution in [-0.4, -0.2) is 29.4 Å². The zero-order valence-corrected chi connectivity index (χ0v) is 10.6. The van der Waals surface area contributed by atoms with Gasteiger partial charge in [-0.2, -0.15) is 0 Å². The summed E-state index contributed by atoms with van der Waals surface area (Å²) in [5.74, 6) is -1.23. The van der Waals surface area contributed by atoms with Crippen molar-refractivity contribution in [2.24, 2.45) is 0 Å². The van der Waals surface area contributed by atoms with Gasteiger partial charge in [0, 0.05) is 0 Å². The van der Waals surface area contributed by atoms with Crippen molar-refractivity contribution in [3.8, 4) is 17.2 Å². The first kappa shape index (κ1) is 14.2. The van der Waals surface area contributed by atoms with Gasteiger partial charge in [-0.3, -0.25) is 0 Å². The Labute approximate surface area is 106 Å². The quantitative estimate of drug-likeness (QED) is 0.463. The molecule has 100 valence electrons. The van der Waals surface area contributed by atoms with E-state index in [9.17, 15) is 15.0 Å². The van der Waals surface area contributed by atoms with Gasteiger partial charge in [0.05, 0.1) is 18.8 Å². The second kappa shape index (κ2) is 6.74. The van der Waals surface area contributed by atoms with Crippen LogP contribution in [0.25, 0.3) is 0 Å². The van der Waals surface area contributed by atoms with E-state index in [1.54, 1.807) is 6.92 Å². The molecule has 0 saturated heterocycles. The molecule has 5 heteroatoms. The summed E-state index contributed by atoms with van der Waals surface area (Å²) in [6.07, 6.45) is 1.77. The normalized spacial score (nSPS) is 10.1. The Hall–Kier alpha value is -1.91. The van der Waals surface area contributed by atoms with Gasteiger partial charge in [-0.05, 0) is 25.5 Å². The van der Waals surface area contributed by atoms with Crippen LogP contribution in [0.2, 0.25) is 0 Å². The predicted octanol–water partition coefficient (Wildman–Crippen LogP) is 2.45. The van der Waals surface area contributed by atoms with Gasteiger partial charge in [0.2, 0.25) is 5.75 Å². The van der Waals surface area contributed by atoms with Crippen molar-refractivity contribution in [1.29, 1.82) is 0 Å². The molecule has 0 aliphatic rings. The monoisotopic (exact) mass is 254 g/mol. The number of carbonyl (C=O) groups is 1. The minimum absolute atomic E-state index is 0.0894. The number of carbonyl (C=O) groups excluding carboxylic acids is 1.